The Bertz CT molecular complexity index is 2750. The van der Waals surface area contributed by atoms with Gasteiger partial charge in [-0.25, -0.2) is 0 Å². The van der Waals surface area contributed by atoms with Crippen molar-refractivity contribution in [1.29, 1.82) is 5.26 Å². The number of fused-ring (bicyclic) bond motifs is 8. The van der Waals surface area contributed by atoms with Gasteiger partial charge in [-0.3, -0.25) is 0 Å². The largest absolute Gasteiger partial charge is 0.337 e. The summed E-state index contributed by atoms with van der Waals surface area (Å²) < 4.78 is 4.58. The van der Waals surface area contributed by atoms with Crippen LogP contribution >= 0.6 is 0 Å². The molecule has 4 nitrogen and oxygen atoms in total. The summed E-state index contributed by atoms with van der Waals surface area (Å²) in [6.07, 6.45) is 4.14. The van der Waals surface area contributed by atoms with Crippen molar-refractivity contribution in [3.8, 4) is 6.07 Å². The molecule has 0 aliphatic heterocycles. The summed E-state index contributed by atoms with van der Waals surface area (Å²) in [4.78, 5) is 2.31. The van der Waals surface area contributed by atoms with Gasteiger partial charge in [0.25, 0.3) is 0 Å². The van der Waals surface area contributed by atoms with Crippen LogP contribution in [0.5, 0.6) is 0 Å². The second kappa shape index (κ2) is 12.6. The average Bonchev–Trinajstić information content (AvgIpc) is 3.70. The Labute approximate surface area is 296 Å². The topological polar surface area (TPSA) is 36.9 Å². The molecule has 0 atom stereocenters. The highest BCUT2D eigenvalue weighted by Crippen LogP contribution is 2.41. The Morgan fingerprint density at radius 2 is 1.14 bits per heavy atom. The van der Waals surface area contributed by atoms with E-state index in [1.165, 1.54) is 32.3 Å². The van der Waals surface area contributed by atoms with E-state index in [4.69, 9.17) is 0 Å². The van der Waals surface area contributed by atoms with E-state index >= 15 is 0 Å². The Morgan fingerprint density at radius 1 is 0.569 bits per heavy atom. The van der Waals surface area contributed by atoms with Crippen LogP contribution in [0.4, 0.5) is 17.1 Å². The van der Waals surface area contributed by atoms with Crippen molar-refractivity contribution >= 4 is 77.1 Å². The predicted octanol–water partition coefficient (Wildman–Crippen LogP) is 12.5. The molecule has 0 bridgehead atoms. The van der Waals surface area contributed by atoms with Crippen LogP contribution in [0, 0.1) is 11.3 Å². The summed E-state index contributed by atoms with van der Waals surface area (Å²) in [7, 11) is 0. The van der Waals surface area contributed by atoms with Crippen molar-refractivity contribution in [2.45, 2.75) is 13.5 Å². The normalized spacial score (nSPS) is 12.3. The van der Waals surface area contributed by atoms with E-state index in [9.17, 15) is 5.26 Å². The molecule has 0 aliphatic carbocycles. The van der Waals surface area contributed by atoms with E-state index in [0.29, 0.717) is 12.1 Å². The van der Waals surface area contributed by atoms with Crippen molar-refractivity contribution < 1.29 is 0 Å². The van der Waals surface area contributed by atoms with Crippen LogP contribution in [0.2, 0.25) is 0 Å². The number of hydrogen-bond donors (Lipinski definition) is 0. The van der Waals surface area contributed by atoms with Crippen LogP contribution in [0.3, 0.4) is 0 Å². The number of rotatable bonds is 7. The molecular weight excluding hydrogens is 621 g/mol. The summed E-state index contributed by atoms with van der Waals surface area (Å²) >= 11 is 0. The van der Waals surface area contributed by atoms with Crippen LogP contribution in [-0.2, 0) is 6.54 Å². The molecule has 0 unspecified atom stereocenters. The highest BCUT2D eigenvalue weighted by Gasteiger charge is 2.19. The number of hydrogen-bond acceptors (Lipinski definition) is 2. The van der Waals surface area contributed by atoms with Crippen LogP contribution in [0.25, 0.3) is 60.1 Å². The highest BCUT2D eigenvalue weighted by molar-refractivity contribution is 6.21. The zero-order valence-corrected chi connectivity index (χ0v) is 28.2. The highest BCUT2D eigenvalue weighted by atomic mass is 15.1. The fraction of sp³-hybridized carbons (Fsp3) is 0.0426. The van der Waals surface area contributed by atoms with Crippen LogP contribution in [-0.4, -0.2) is 9.13 Å². The molecule has 0 spiro atoms. The summed E-state index contributed by atoms with van der Waals surface area (Å²) in [5.41, 5.74) is 9.24. The third-order valence-corrected chi connectivity index (χ3v) is 9.99. The van der Waals surface area contributed by atoms with Crippen molar-refractivity contribution in [1.82, 2.24) is 9.13 Å². The van der Waals surface area contributed by atoms with Gasteiger partial charge in [-0.1, -0.05) is 109 Å². The molecule has 4 heteroatoms. The van der Waals surface area contributed by atoms with Crippen LogP contribution < -0.4 is 4.90 Å². The van der Waals surface area contributed by atoms with Gasteiger partial charge in [-0.2, -0.15) is 5.26 Å². The molecule has 9 rings (SSSR count). The minimum Gasteiger partial charge on any atom is -0.337 e. The molecule has 0 fully saturated rings. The lowest BCUT2D eigenvalue weighted by molar-refractivity contribution is 0.895. The van der Waals surface area contributed by atoms with Gasteiger partial charge in [0.15, 0.2) is 0 Å². The number of benzene rings is 7. The first-order valence-electron chi connectivity index (χ1n) is 17.3. The van der Waals surface area contributed by atoms with Gasteiger partial charge >= 0.3 is 0 Å². The van der Waals surface area contributed by atoms with Crippen LogP contribution in [0.15, 0.2) is 182 Å². The lowest BCUT2D eigenvalue weighted by atomic mass is 10.0. The van der Waals surface area contributed by atoms with Gasteiger partial charge in [0, 0.05) is 50.7 Å². The summed E-state index contributed by atoms with van der Waals surface area (Å²) in [6.45, 7) is 2.56. The molecular formula is C47H34N4. The predicted molar refractivity (Wildman–Crippen MR) is 215 cm³/mol. The van der Waals surface area contributed by atoms with Gasteiger partial charge in [0.1, 0.15) is 6.07 Å². The SMILES string of the molecule is C/C=C(\C(C#N)=C/Cn1c2ccc(N(c3ccccc3)c3ccccc3)cc2c2c3ccccc3ccc21)n1c2ccccc2c2ccccc21. The molecule has 0 radical (unpaired) electrons. The average molecular weight is 655 g/mol. The minimum atomic E-state index is 0.538. The van der Waals surface area contributed by atoms with Crippen molar-refractivity contribution in [3.05, 3.63) is 182 Å². The third-order valence-electron chi connectivity index (χ3n) is 9.99. The lowest BCUT2D eigenvalue weighted by Gasteiger charge is -2.25. The zero-order valence-electron chi connectivity index (χ0n) is 28.2. The number of nitrogens with zero attached hydrogens (tertiary/aromatic N) is 4. The maximum Gasteiger partial charge on any atom is 0.101 e. The number of para-hydroxylation sites is 4. The molecule has 2 heterocycles. The number of allylic oxidation sites excluding steroid dienone is 4. The lowest BCUT2D eigenvalue weighted by Crippen LogP contribution is -2.09. The fourth-order valence-corrected chi connectivity index (χ4v) is 7.77. The first-order chi connectivity index (χ1) is 25.2. The summed E-state index contributed by atoms with van der Waals surface area (Å²) in [5.74, 6) is 0. The molecule has 51 heavy (non-hydrogen) atoms. The monoisotopic (exact) mass is 654 g/mol. The first kappa shape index (κ1) is 30.2. The van der Waals surface area contributed by atoms with Crippen LogP contribution in [0.1, 0.15) is 6.92 Å². The fourth-order valence-electron chi connectivity index (χ4n) is 7.77. The van der Waals surface area contributed by atoms with Gasteiger partial charge in [0.2, 0.25) is 0 Å². The molecule has 0 saturated heterocycles. The number of nitriles is 1. The van der Waals surface area contributed by atoms with Gasteiger partial charge in [-0.15, -0.1) is 0 Å². The van der Waals surface area contributed by atoms with Crippen molar-refractivity contribution in [2.24, 2.45) is 0 Å². The minimum absolute atomic E-state index is 0.538. The first-order valence-corrected chi connectivity index (χ1v) is 17.3. The Balaban J connectivity index is 1.23. The second-order valence-corrected chi connectivity index (χ2v) is 12.8. The molecule has 0 saturated carbocycles. The van der Waals surface area contributed by atoms with E-state index < -0.39 is 0 Å². The molecule has 0 aliphatic rings. The molecule has 0 N–H and O–H groups in total. The zero-order chi connectivity index (χ0) is 34.3. The van der Waals surface area contributed by atoms with Gasteiger partial charge in [0.05, 0.1) is 27.8 Å². The molecule has 2 aromatic heterocycles. The molecule has 0 amide bonds. The third kappa shape index (κ3) is 4.98. The molecule has 9 aromatic rings. The van der Waals surface area contributed by atoms with Crippen molar-refractivity contribution in [3.63, 3.8) is 0 Å². The van der Waals surface area contributed by atoms with Gasteiger partial charge in [-0.05, 0) is 84.4 Å². The Morgan fingerprint density at radius 3 is 1.76 bits per heavy atom. The number of anilines is 3. The molecule has 242 valence electrons. The standard InChI is InChI=1S/C47H34N4/c1-2-42(51-44-23-13-11-21-39(44)40-22-12-14-24-45(40)51)34(32-48)29-30-49-43-28-26-37(50(35-16-5-3-6-17-35)36-18-7-4-8-19-36)31-41(43)47-38-20-10-9-15-33(38)25-27-46(47)49/h2-29,31H,30H2,1H3/b34-29-,42-2+. The second-order valence-electron chi connectivity index (χ2n) is 12.8. The number of aromatic nitrogens is 2. The maximum absolute atomic E-state index is 10.7. The smallest absolute Gasteiger partial charge is 0.101 e. The van der Waals surface area contributed by atoms with Crippen molar-refractivity contribution in [2.75, 3.05) is 4.90 Å². The van der Waals surface area contributed by atoms with E-state index in [0.717, 1.165) is 44.8 Å². The summed E-state index contributed by atoms with van der Waals surface area (Å²) in [6, 6.07) is 60.3. The van der Waals surface area contributed by atoms with E-state index in [-0.39, 0.29) is 0 Å². The quantitative estimate of drug-likeness (QED) is 0.127. The Kier molecular flexibility index (Phi) is 7.45. The van der Waals surface area contributed by atoms with Gasteiger partial charge < -0.3 is 14.0 Å². The van der Waals surface area contributed by atoms with E-state index in [1.54, 1.807) is 0 Å². The van der Waals surface area contributed by atoms with E-state index in [1.807, 2.05) is 6.92 Å². The molecule has 7 aromatic carbocycles. The van der Waals surface area contributed by atoms with E-state index in [2.05, 4.69) is 196 Å². The maximum atomic E-state index is 10.7. The summed E-state index contributed by atoms with van der Waals surface area (Å²) in [5, 5.41) is 17.9. The Hall–Kier alpha value is -6.83.